The molecule has 0 N–H and O–H groups in total. The first-order chi connectivity index (χ1) is 11.7. The van der Waals surface area contributed by atoms with Crippen molar-refractivity contribution in [1.82, 2.24) is 9.88 Å². The van der Waals surface area contributed by atoms with E-state index in [1.807, 2.05) is 0 Å². The smallest absolute Gasteiger partial charge is 0.308 e. The van der Waals surface area contributed by atoms with Crippen molar-refractivity contribution in [1.29, 1.82) is 0 Å². The van der Waals surface area contributed by atoms with E-state index in [0.29, 0.717) is 43.3 Å². The van der Waals surface area contributed by atoms with E-state index >= 15 is 0 Å². The highest BCUT2D eigenvalue weighted by Gasteiger charge is 2.24. The fraction of sp³-hybridized carbons (Fsp3) is 0.412. The van der Waals surface area contributed by atoms with Gasteiger partial charge >= 0.3 is 5.97 Å². The van der Waals surface area contributed by atoms with Crippen LogP contribution in [0.15, 0.2) is 35.1 Å². The number of benzene rings is 1. The van der Waals surface area contributed by atoms with Crippen LogP contribution >= 0.6 is 0 Å². The van der Waals surface area contributed by atoms with Gasteiger partial charge in [-0.1, -0.05) is 6.07 Å². The van der Waals surface area contributed by atoms with Crippen LogP contribution < -0.4 is 0 Å². The van der Waals surface area contributed by atoms with Crippen molar-refractivity contribution >= 4 is 5.97 Å². The van der Waals surface area contributed by atoms with Gasteiger partial charge in [-0.05, 0) is 12.1 Å². The van der Waals surface area contributed by atoms with E-state index in [9.17, 15) is 9.18 Å². The molecule has 1 saturated heterocycles. The predicted octanol–water partition coefficient (Wildman–Crippen LogP) is 2.24. The number of oxazole rings is 1. The number of morpholine rings is 1. The lowest BCUT2D eigenvalue weighted by Crippen LogP contribution is -2.43. The standard InChI is InChI=1S/C17H19FN2O4/c1-22-16(21)9-14-11-20(5-7-23-14)10-13-3-2-12(8-15(13)18)17-19-4-6-24-17/h2-4,6,8,14H,5,7,9-11H2,1H3/t14-/m1/s1. The van der Waals surface area contributed by atoms with Gasteiger partial charge in [0.25, 0.3) is 0 Å². The van der Waals surface area contributed by atoms with Crippen molar-refractivity contribution < 1.29 is 23.1 Å². The molecule has 0 aliphatic carbocycles. The quantitative estimate of drug-likeness (QED) is 0.782. The number of hydrogen-bond donors (Lipinski definition) is 0. The van der Waals surface area contributed by atoms with Gasteiger partial charge < -0.3 is 13.9 Å². The minimum atomic E-state index is -0.304. The van der Waals surface area contributed by atoms with Gasteiger partial charge in [0.05, 0.1) is 32.4 Å². The first kappa shape index (κ1) is 16.6. The molecule has 0 amide bonds. The minimum Gasteiger partial charge on any atom is -0.469 e. The van der Waals surface area contributed by atoms with Crippen LogP contribution in [0.4, 0.5) is 4.39 Å². The molecule has 0 unspecified atom stereocenters. The van der Waals surface area contributed by atoms with E-state index in [4.69, 9.17) is 9.15 Å². The second kappa shape index (κ2) is 7.55. The zero-order valence-corrected chi connectivity index (χ0v) is 13.4. The average molecular weight is 334 g/mol. The topological polar surface area (TPSA) is 64.8 Å². The Morgan fingerprint density at radius 3 is 3.08 bits per heavy atom. The van der Waals surface area contributed by atoms with Gasteiger partial charge in [0, 0.05) is 30.8 Å². The van der Waals surface area contributed by atoms with Crippen LogP contribution in [0.5, 0.6) is 0 Å². The van der Waals surface area contributed by atoms with E-state index in [1.165, 1.54) is 25.6 Å². The van der Waals surface area contributed by atoms with Gasteiger partial charge in [0.2, 0.25) is 5.89 Å². The first-order valence-electron chi connectivity index (χ1n) is 7.75. The molecule has 1 atom stereocenters. The number of ether oxygens (including phenoxy) is 2. The maximum Gasteiger partial charge on any atom is 0.308 e. The van der Waals surface area contributed by atoms with E-state index in [1.54, 1.807) is 12.1 Å². The van der Waals surface area contributed by atoms with Crippen LogP contribution in [0.3, 0.4) is 0 Å². The molecule has 2 aromatic rings. The van der Waals surface area contributed by atoms with Gasteiger partial charge in [0.15, 0.2) is 0 Å². The van der Waals surface area contributed by atoms with Gasteiger partial charge in [-0.25, -0.2) is 9.37 Å². The lowest BCUT2D eigenvalue weighted by molar-refractivity contribution is -0.145. The zero-order valence-electron chi connectivity index (χ0n) is 13.4. The summed E-state index contributed by atoms with van der Waals surface area (Å²) in [6, 6.07) is 4.95. The van der Waals surface area contributed by atoms with Gasteiger partial charge in [-0.3, -0.25) is 9.69 Å². The van der Waals surface area contributed by atoms with Gasteiger partial charge in [-0.2, -0.15) is 0 Å². The Kier molecular flexibility index (Phi) is 5.22. The number of nitrogens with zero attached hydrogens (tertiary/aromatic N) is 2. The maximum absolute atomic E-state index is 14.4. The fourth-order valence-electron chi connectivity index (χ4n) is 2.73. The molecule has 3 rings (SSSR count). The average Bonchev–Trinajstić information content (AvgIpc) is 3.11. The van der Waals surface area contributed by atoms with Crippen molar-refractivity contribution in [2.45, 2.75) is 19.1 Å². The maximum atomic E-state index is 14.4. The second-order valence-corrected chi connectivity index (χ2v) is 5.65. The molecule has 1 aromatic carbocycles. The molecule has 0 radical (unpaired) electrons. The van der Waals surface area contributed by atoms with Crippen LogP contribution in [0.1, 0.15) is 12.0 Å². The van der Waals surface area contributed by atoms with Gasteiger partial charge in [0.1, 0.15) is 12.1 Å². The molecule has 1 aliphatic rings. The molecule has 128 valence electrons. The number of rotatable bonds is 5. The van der Waals surface area contributed by atoms with Crippen LogP contribution in [0.2, 0.25) is 0 Å². The summed E-state index contributed by atoms with van der Waals surface area (Å²) < 4.78 is 29.8. The third kappa shape index (κ3) is 3.98. The van der Waals surface area contributed by atoms with Crippen molar-refractivity contribution in [3.05, 3.63) is 42.0 Å². The lowest BCUT2D eigenvalue weighted by Gasteiger charge is -2.32. The lowest BCUT2D eigenvalue weighted by atomic mass is 10.1. The van der Waals surface area contributed by atoms with E-state index in [-0.39, 0.29) is 24.3 Å². The van der Waals surface area contributed by atoms with Crippen LogP contribution in [-0.2, 0) is 20.8 Å². The molecule has 0 saturated carbocycles. The number of methoxy groups -OCH3 is 1. The van der Waals surface area contributed by atoms with E-state index in [2.05, 4.69) is 14.6 Å². The summed E-state index contributed by atoms with van der Waals surface area (Å²) in [5.74, 6) is -0.213. The normalized spacial score (nSPS) is 18.5. The van der Waals surface area contributed by atoms with Gasteiger partial charge in [-0.15, -0.1) is 0 Å². The molecule has 7 heteroatoms. The molecule has 1 fully saturated rings. The molecular weight excluding hydrogens is 315 g/mol. The largest absolute Gasteiger partial charge is 0.469 e. The number of aromatic nitrogens is 1. The highest BCUT2D eigenvalue weighted by atomic mass is 19.1. The van der Waals surface area contributed by atoms with Crippen molar-refractivity contribution in [3.63, 3.8) is 0 Å². The fourth-order valence-corrected chi connectivity index (χ4v) is 2.73. The Hall–Kier alpha value is -2.25. The van der Waals surface area contributed by atoms with Crippen molar-refractivity contribution in [2.75, 3.05) is 26.8 Å². The molecular formula is C17H19FN2O4. The SMILES string of the molecule is COC(=O)C[C@@H]1CN(Cc2ccc(-c3ncco3)cc2F)CCO1. The number of carbonyl (C=O) groups is 1. The Morgan fingerprint density at radius 1 is 1.50 bits per heavy atom. The van der Waals surface area contributed by atoms with Crippen molar-refractivity contribution in [3.8, 4) is 11.5 Å². The molecule has 0 spiro atoms. The monoisotopic (exact) mass is 334 g/mol. The summed E-state index contributed by atoms with van der Waals surface area (Å²) in [6.45, 7) is 2.23. The Bertz CT molecular complexity index is 690. The van der Waals surface area contributed by atoms with Crippen LogP contribution in [-0.4, -0.2) is 48.8 Å². The second-order valence-electron chi connectivity index (χ2n) is 5.65. The Morgan fingerprint density at radius 2 is 2.38 bits per heavy atom. The highest BCUT2D eigenvalue weighted by molar-refractivity contribution is 5.69. The van der Waals surface area contributed by atoms with E-state index < -0.39 is 0 Å². The predicted molar refractivity (Wildman–Crippen MR) is 83.5 cm³/mol. The number of carbonyl (C=O) groups excluding carboxylic acids is 1. The third-order valence-electron chi connectivity index (χ3n) is 3.97. The third-order valence-corrected chi connectivity index (χ3v) is 3.97. The number of halogens is 1. The molecule has 0 bridgehead atoms. The molecule has 1 aliphatic heterocycles. The Labute approximate surface area is 139 Å². The molecule has 1 aromatic heterocycles. The Balaban J connectivity index is 1.64. The summed E-state index contributed by atoms with van der Waals surface area (Å²) in [7, 11) is 1.35. The summed E-state index contributed by atoms with van der Waals surface area (Å²) >= 11 is 0. The first-order valence-corrected chi connectivity index (χ1v) is 7.75. The van der Waals surface area contributed by atoms with Crippen LogP contribution in [0.25, 0.3) is 11.5 Å². The number of esters is 1. The van der Waals surface area contributed by atoms with E-state index in [0.717, 1.165) is 0 Å². The molecule has 6 nitrogen and oxygen atoms in total. The molecule has 24 heavy (non-hydrogen) atoms. The summed E-state index contributed by atoms with van der Waals surface area (Å²) in [5.41, 5.74) is 1.19. The molecule has 2 heterocycles. The van der Waals surface area contributed by atoms with Crippen LogP contribution in [0, 0.1) is 5.82 Å². The minimum absolute atomic E-state index is 0.207. The zero-order chi connectivity index (χ0) is 16.9. The summed E-state index contributed by atoms with van der Waals surface area (Å²) in [4.78, 5) is 17.4. The highest BCUT2D eigenvalue weighted by Crippen LogP contribution is 2.22. The van der Waals surface area contributed by atoms with Crippen molar-refractivity contribution in [2.24, 2.45) is 0 Å². The number of hydrogen-bond acceptors (Lipinski definition) is 6. The summed E-state index contributed by atoms with van der Waals surface area (Å²) in [5, 5.41) is 0. The summed E-state index contributed by atoms with van der Waals surface area (Å²) in [6.07, 6.45) is 2.96.